The second kappa shape index (κ2) is 2.27. The van der Waals surface area contributed by atoms with Gasteiger partial charge in [0, 0.05) is 9.06 Å². The lowest BCUT2D eigenvalue weighted by Gasteiger charge is -2.14. The molecule has 0 saturated carbocycles. The predicted octanol–water partition coefficient (Wildman–Crippen LogP) is 1.84. The first-order chi connectivity index (χ1) is 6.16. The standard InChI is InChI=1S/C12H14S/c1-12(2)6-9-8-4-3-5-10(8)13-11(9)7-12/h5,7H,3-4,6H2,1-2H3. The van der Waals surface area contributed by atoms with Crippen LogP contribution in [0.25, 0.3) is 12.2 Å². The molecule has 0 spiro atoms. The van der Waals surface area contributed by atoms with Crippen LogP contribution < -0.4 is 9.06 Å². The van der Waals surface area contributed by atoms with E-state index < -0.39 is 0 Å². The molecule has 0 atom stereocenters. The van der Waals surface area contributed by atoms with Gasteiger partial charge < -0.3 is 0 Å². The fourth-order valence-corrected chi connectivity index (χ4v) is 3.98. The molecule has 0 aliphatic heterocycles. The number of thiophene rings is 1. The fourth-order valence-electron chi connectivity index (χ4n) is 2.50. The SMILES string of the molecule is CC1(C)C=c2sc3c(c2C1)CCC=3. The molecular formula is C12H14S. The van der Waals surface area contributed by atoms with E-state index in [0.29, 0.717) is 5.41 Å². The zero-order valence-electron chi connectivity index (χ0n) is 8.18. The monoisotopic (exact) mass is 190 g/mol. The van der Waals surface area contributed by atoms with Gasteiger partial charge in [0.15, 0.2) is 0 Å². The Morgan fingerprint density at radius 2 is 2.08 bits per heavy atom. The van der Waals surface area contributed by atoms with Gasteiger partial charge in [0.25, 0.3) is 0 Å². The van der Waals surface area contributed by atoms with Crippen molar-refractivity contribution in [2.24, 2.45) is 5.41 Å². The van der Waals surface area contributed by atoms with Crippen LogP contribution in [0.2, 0.25) is 0 Å². The summed E-state index contributed by atoms with van der Waals surface area (Å²) < 4.78 is 3.13. The van der Waals surface area contributed by atoms with Crippen molar-refractivity contribution >= 4 is 23.5 Å². The van der Waals surface area contributed by atoms with Crippen molar-refractivity contribution in [3.05, 3.63) is 20.2 Å². The van der Waals surface area contributed by atoms with E-state index in [4.69, 9.17) is 0 Å². The maximum atomic E-state index is 2.46. The molecule has 2 aliphatic rings. The quantitative estimate of drug-likeness (QED) is 0.585. The lowest BCUT2D eigenvalue weighted by molar-refractivity contribution is 0.527. The third-order valence-electron chi connectivity index (χ3n) is 3.06. The molecule has 0 radical (unpaired) electrons. The van der Waals surface area contributed by atoms with E-state index in [0.717, 1.165) is 0 Å². The van der Waals surface area contributed by atoms with Crippen molar-refractivity contribution in [2.45, 2.75) is 33.1 Å². The van der Waals surface area contributed by atoms with Gasteiger partial charge in [0.05, 0.1) is 0 Å². The second-order valence-electron chi connectivity index (χ2n) is 4.84. The molecule has 0 saturated heterocycles. The Hall–Kier alpha value is -0.560. The molecule has 0 amide bonds. The van der Waals surface area contributed by atoms with Gasteiger partial charge in [-0.3, -0.25) is 0 Å². The molecule has 0 unspecified atom stereocenters. The highest BCUT2D eigenvalue weighted by Crippen LogP contribution is 2.30. The summed E-state index contributed by atoms with van der Waals surface area (Å²) in [5.74, 6) is 0. The Balaban J connectivity index is 2.31. The van der Waals surface area contributed by atoms with Gasteiger partial charge in [0.2, 0.25) is 0 Å². The Bertz CT molecular complexity index is 474. The van der Waals surface area contributed by atoms with Gasteiger partial charge in [0.1, 0.15) is 0 Å². The average Bonchev–Trinajstić information content (AvgIpc) is 2.58. The Labute approximate surface area is 82.6 Å². The van der Waals surface area contributed by atoms with Gasteiger partial charge in [-0.05, 0) is 35.8 Å². The summed E-state index contributed by atoms with van der Waals surface area (Å²) in [4.78, 5) is 0. The third-order valence-corrected chi connectivity index (χ3v) is 4.27. The maximum Gasteiger partial charge on any atom is 0.0277 e. The second-order valence-corrected chi connectivity index (χ2v) is 5.92. The first-order valence-corrected chi connectivity index (χ1v) is 5.81. The fraction of sp³-hybridized carbons (Fsp3) is 0.500. The normalized spacial score (nSPS) is 22.0. The summed E-state index contributed by atoms with van der Waals surface area (Å²) in [6.07, 6.45) is 8.69. The van der Waals surface area contributed by atoms with E-state index in [9.17, 15) is 0 Å². The van der Waals surface area contributed by atoms with Crippen molar-refractivity contribution in [1.82, 2.24) is 0 Å². The van der Waals surface area contributed by atoms with Crippen LogP contribution in [0, 0.1) is 5.41 Å². The summed E-state index contributed by atoms with van der Waals surface area (Å²) in [6.45, 7) is 4.68. The van der Waals surface area contributed by atoms with Crippen molar-refractivity contribution in [3.63, 3.8) is 0 Å². The minimum absolute atomic E-state index is 0.415. The highest BCUT2D eigenvalue weighted by atomic mass is 32.1. The molecule has 3 rings (SSSR count). The topological polar surface area (TPSA) is 0 Å². The smallest absolute Gasteiger partial charge is 0.0277 e. The molecule has 2 aliphatic carbocycles. The Morgan fingerprint density at radius 1 is 1.23 bits per heavy atom. The van der Waals surface area contributed by atoms with Crippen LogP contribution >= 0.6 is 11.3 Å². The van der Waals surface area contributed by atoms with Crippen molar-refractivity contribution in [3.8, 4) is 0 Å². The molecule has 1 aromatic heterocycles. The molecule has 0 bridgehead atoms. The predicted molar refractivity (Wildman–Crippen MR) is 58.3 cm³/mol. The number of hydrogen-bond acceptors (Lipinski definition) is 1. The van der Waals surface area contributed by atoms with Gasteiger partial charge in [-0.15, -0.1) is 11.3 Å². The van der Waals surface area contributed by atoms with Crippen molar-refractivity contribution in [2.75, 3.05) is 0 Å². The average molecular weight is 190 g/mol. The summed E-state index contributed by atoms with van der Waals surface area (Å²) in [5.41, 5.74) is 3.75. The first-order valence-electron chi connectivity index (χ1n) is 4.99. The molecule has 1 heterocycles. The van der Waals surface area contributed by atoms with E-state index in [1.165, 1.54) is 19.3 Å². The van der Waals surface area contributed by atoms with Crippen LogP contribution in [-0.4, -0.2) is 0 Å². The highest BCUT2D eigenvalue weighted by molar-refractivity contribution is 7.08. The van der Waals surface area contributed by atoms with Gasteiger partial charge in [-0.1, -0.05) is 26.0 Å². The summed E-state index contributed by atoms with van der Waals surface area (Å²) in [5, 5.41) is 0. The van der Waals surface area contributed by atoms with E-state index in [-0.39, 0.29) is 0 Å². The van der Waals surface area contributed by atoms with Crippen LogP contribution in [0.1, 0.15) is 31.4 Å². The van der Waals surface area contributed by atoms with Crippen LogP contribution in [0.3, 0.4) is 0 Å². The number of fused-ring (bicyclic) bond motifs is 3. The molecule has 0 nitrogen and oxygen atoms in total. The summed E-state index contributed by atoms with van der Waals surface area (Å²) >= 11 is 2.00. The number of hydrogen-bond donors (Lipinski definition) is 0. The highest BCUT2D eigenvalue weighted by Gasteiger charge is 2.26. The summed E-state index contributed by atoms with van der Waals surface area (Å²) in [7, 11) is 0. The van der Waals surface area contributed by atoms with E-state index >= 15 is 0 Å². The zero-order valence-corrected chi connectivity index (χ0v) is 9.00. The molecule has 0 aromatic carbocycles. The van der Waals surface area contributed by atoms with E-state index in [1.807, 2.05) is 11.3 Å². The lowest BCUT2D eigenvalue weighted by atomic mass is 9.90. The van der Waals surface area contributed by atoms with Gasteiger partial charge in [-0.2, -0.15) is 0 Å². The minimum Gasteiger partial charge on any atom is -0.137 e. The summed E-state index contributed by atoms with van der Waals surface area (Å²) in [6, 6.07) is 0. The Kier molecular flexibility index (Phi) is 1.36. The van der Waals surface area contributed by atoms with Crippen molar-refractivity contribution in [1.29, 1.82) is 0 Å². The molecule has 0 fully saturated rings. The van der Waals surface area contributed by atoms with Crippen LogP contribution in [-0.2, 0) is 12.8 Å². The van der Waals surface area contributed by atoms with Crippen LogP contribution in [0.5, 0.6) is 0 Å². The minimum atomic E-state index is 0.415. The Morgan fingerprint density at radius 3 is 2.92 bits per heavy atom. The largest absolute Gasteiger partial charge is 0.137 e. The lowest BCUT2D eigenvalue weighted by Crippen LogP contribution is -2.08. The molecular weight excluding hydrogens is 176 g/mol. The van der Waals surface area contributed by atoms with Crippen LogP contribution in [0.4, 0.5) is 0 Å². The third kappa shape index (κ3) is 1.03. The first kappa shape index (κ1) is 7.81. The molecule has 0 N–H and O–H groups in total. The number of rotatable bonds is 0. The maximum absolute atomic E-state index is 2.46. The van der Waals surface area contributed by atoms with E-state index in [2.05, 4.69) is 26.0 Å². The van der Waals surface area contributed by atoms with Crippen LogP contribution in [0.15, 0.2) is 0 Å². The van der Waals surface area contributed by atoms with E-state index in [1.54, 1.807) is 20.2 Å². The van der Waals surface area contributed by atoms with Gasteiger partial charge >= 0.3 is 0 Å². The molecule has 13 heavy (non-hydrogen) atoms. The molecule has 68 valence electrons. The molecule has 1 aromatic rings. The zero-order chi connectivity index (χ0) is 9.05. The van der Waals surface area contributed by atoms with Crippen molar-refractivity contribution < 1.29 is 0 Å². The molecule has 1 heteroatoms. The van der Waals surface area contributed by atoms with Gasteiger partial charge in [-0.25, -0.2) is 0 Å².